The third kappa shape index (κ3) is 4.48. The number of thiophene rings is 1. The summed E-state index contributed by atoms with van der Waals surface area (Å²) in [6, 6.07) is 22.5. The molecule has 168 valence electrons. The Kier molecular flexibility index (Phi) is 5.96. The van der Waals surface area contributed by atoms with E-state index in [2.05, 4.69) is 10.3 Å². The highest BCUT2D eigenvalue weighted by Gasteiger charge is 2.14. The quantitative estimate of drug-likeness (QED) is 0.319. The summed E-state index contributed by atoms with van der Waals surface area (Å²) in [4.78, 5) is 29.5. The number of aromatic nitrogens is 2. The van der Waals surface area contributed by atoms with E-state index >= 15 is 0 Å². The number of benzene rings is 3. The Morgan fingerprint density at radius 3 is 2.53 bits per heavy atom. The Morgan fingerprint density at radius 2 is 1.79 bits per heavy atom. The lowest BCUT2D eigenvalue weighted by molar-refractivity contribution is 0.102. The van der Waals surface area contributed by atoms with Crippen LogP contribution in [0.1, 0.15) is 15.9 Å². The van der Waals surface area contributed by atoms with Gasteiger partial charge in [0.25, 0.3) is 11.5 Å². The molecule has 0 atom stereocenters. The summed E-state index contributed by atoms with van der Waals surface area (Å²) < 4.78 is 17.2. The van der Waals surface area contributed by atoms with Gasteiger partial charge in [0, 0.05) is 22.0 Å². The molecule has 0 aliphatic carbocycles. The van der Waals surface area contributed by atoms with E-state index in [1.54, 1.807) is 36.4 Å². The second-order valence-corrected chi connectivity index (χ2v) is 9.13. The number of rotatable bonds is 5. The first-order chi connectivity index (χ1) is 16.5. The Bertz CT molecular complexity index is 1560. The van der Waals surface area contributed by atoms with Crippen LogP contribution in [0.3, 0.4) is 0 Å². The first-order valence-electron chi connectivity index (χ1n) is 10.4. The molecule has 0 radical (unpaired) electrons. The molecule has 5 aromatic rings. The van der Waals surface area contributed by atoms with Crippen molar-refractivity contribution in [3.8, 4) is 10.4 Å². The van der Waals surface area contributed by atoms with Crippen LogP contribution < -0.4 is 10.9 Å². The molecule has 0 aliphatic heterocycles. The molecule has 5 nitrogen and oxygen atoms in total. The van der Waals surface area contributed by atoms with Crippen molar-refractivity contribution in [2.24, 2.45) is 0 Å². The number of anilines is 1. The predicted octanol–water partition coefficient (Wildman–Crippen LogP) is 6.22. The maximum Gasteiger partial charge on any atom is 0.290 e. The molecule has 3 aromatic carbocycles. The first kappa shape index (κ1) is 22.0. The molecule has 2 aromatic heterocycles. The average Bonchev–Trinajstić information content (AvgIpc) is 3.31. The lowest BCUT2D eigenvalue weighted by atomic mass is 10.1. The number of fused-ring (bicyclic) bond motifs is 1. The number of hydrogen-bond donors (Lipinski definition) is 1. The zero-order chi connectivity index (χ0) is 23.7. The zero-order valence-corrected chi connectivity index (χ0v) is 19.2. The van der Waals surface area contributed by atoms with Crippen molar-refractivity contribution in [3.63, 3.8) is 0 Å². The minimum Gasteiger partial charge on any atom is -0.326 e. The normalized spacial score (nSPS) is 11.0. The van der Waals surface area contributed by atoms with Crippen LogP contribution in [0.2, 0.25) is 5.02 Å². The molecule has 8 heteroatoms. The fourth-order valence-electron chi connectivity index (χ4n) is 3.60. The van der Waals surface area contributed by atoms with E-state index in [0.29, 0.717) is 27.4 Å². The van der Waals surface area contributed by atoms with Crippen LogP contribution in [0.15, 0.2) is 90.0 Å². The summed E-state index contributed by atoms with van der Waals surface area (Å²) in [7, 11) is 0. The van der Waals surface area contributed by atoms with Crippen LogP contribution in [0.25, 0.3) is 20.7 Å². The molecule has 34 heavy (non-hydrogen) atoms. The molecular weight excluding hydrogens is 473 g/mol. The van der Waals surface area contributed by atoms with Gasteiger partial charge in [0.2, 0.25) is 0 Å². The van der Waals surface area contributed by atoms with Crippen LogP contribution in [-0.4, -0.2) is 15.5 Å². The van der Waals surface area contributed by atoms with E-state index in [0.717, 1.165) is 16.0 Å². The first-order valence-corrected chi connectivity index (χ1v) is 11.6. The SMILES string of the molecule is O=C(Nc1ccc(-c2cc3c(s2)c(=O)ncn3Cc2ccc(Cl)cc2)cc1F)c1ccccc1. The van der Waals surface area contributed by atoms with Crippen molar-refractivity contribution in [2.75, 3.05) is 5.32 Å². The second kappa shape index (κ2) is 9.21. The van der Waals surface area contributed by atoms with Gasteiger partial charge in [-0.25, -0.2) is 4.39 Å². The van der Waals surface area contributed by atoms with E-state index in [9.17, 15) is 14.0 Å². The van der Waals surface area contributed by atoms with Gasteiger partial charge in [-0.15, -0.1) is 11.3 Å². The van der Waals surface area contributed by atoms with Crippen molar-refractivity contribution in [3.05, 3.63) is 118 Å². The molecule has 0 spiro atoms. The lowest BCUT2D eigenvalue weighted by Gasteiger charge is -2.08. The highest BCUT2D eigenvalue weighted by atomic mass is 35.5. The molecular formula is C26H17ClFN3O2S. The second-order valence-electron chi connectivity index (χ2n) is 7.64. The van der Waals surface area contributed by atoms with Gasteiger partial charge < -0.3 is 9.88 Å². The number of hydrogen-bond acceptors (Lipinski definition) is 4. The number of nitrogens with one attached hydrogen (secondary N) is 1. The third-order valence-corrected chi connectivity index (χ3v) is 6.75. The molecule has 0 aliphatic rings. The number of nitrogens with zero attached hydrogens (tertiary/aromatic N) is 2. The fourth-order valence-corrected chi connectivity index (χ4v) is 4.78. The van der Waals surface area contributed by atoms with E-state index < -0.39 is 5.82 Å². The summed E-state index contributed by atoms with van der Waals surface area (Å²) in [6.45, 7) is 0.510. The van der Waals surface area contributed by atoms with Crippen LogP contribution in [0, 0.1) is 5.82 Å². The smallest absolute Gasteiger partial charge is 0.290 e. The van der Waals surface area contributed by atoms with Gasteiger partial charge in [0.15, 0.2) is 0 Å². The zero-order valence-electron chi connectivity index (χ0n) is 17.7. The van der Waals surface area contributed by atoms with Crippen LogP contribution in [0.4, 0.5) is 10.1 Å². The standard InChI is InChI=1S/C26H17ClFN3O2S/c27-19-9-6-16(7-10-19)14-31-15-29-26(33)24-22(31)13-23(34-24)18-8-11-21(20(28)12-18)30-25(32)17-4-2-1-3-5-17/h1-13,15H,14H2,(H,30,32). The van der Waals surface area contributed by atoms with Crippen molar-refractivity contribution in [1.29, 1.82) is 0 Å². The number of carbonyl (C=O) groups is 1. The highest BCUT2D eigenvalue weighted by molar-refractivity contribution is 7.22. The van der Waals surface area contributed by atoms with Crippen LogP contribution >= 0.6 is 22.9 Å². The van der Waals surface area contributed by atoms with Gasteiger partial charge in [-0.05, 0) is 53.6 Å². The third-order valence-electron chi connectivity index (χ3n) is 5.33. The molecule has 0 saturated heterocycles. The maximum atomic E-state index is 14.8. The monoisotopic (exact) mass is 489 g/mol. The highest BCUT2D eigenvalue weighted by Crippen LogP contribution is 2.33. The number of carbonyl (C=O) groups excluding carboxylic acids is 1. The Hall–Kier alpha value is -3.81. The van der Waals surface area contributed by atoms with E-state index in [1.165, 1.54) is 29.8 Å². The van der Waals surface area contributed by atoms with Gasteiger partial charge in [-0.3, -0.25) is 9.59 Å². The minimum absolute atomic E-state index is 0.0858. The summed E-state index contributed by atoms with van der Waals surface area (Å²) in [5.74, 6) is -0.951. The van der Waals surface area contributed by atoms with Gasteiger partial charge in [-0.2, -0.15) is 4.98 Å². The van der Waals surface area contributed by atoms with Gasteiger partial charge in [-0.1, -0.05) is 48.0 Å². The van der Waals surface area contributed by atoms with Gasteiger partial charge >= 0.3 is 0 Å². The van der Waals surface area contributed by atoms with Crippen LogP contribution in [-0.2, 0) is 6.54 Å². The summed E-state index contributed by atoms with van der Waals surface area (Å²) in [5, 5.41) is 3.25. The topological polar surface area (TPSA) is 64.0 Å². The molecule has 0 fully saturated rings. The minimum atomic E-state index is -0.561. The Morgan fingerprint density at radius 1 is 1.03 bits per heavy atom. The van der Waals surface area contributed by atoms with E-state index in [-0.39, 0.29) is 17.2 Å². The molecule has 0 unspecified atom stereocenters. The number of amides is 1. The van der Waals surface area contributed by atoms with E-state index in [1.807, 2.05) is 34.9 Å². The number of halogens is 2. The summed E-state index contributed by atoms with van der Waals surface area (Å²) >= 11 is 7.23. The van der Waals surface area contributed by atoms with Crippen molar-refractivity contribution in [2.45, 2.75) is 6.54 Å². The molecule has 0 bridgehead atoms. The van der Waals surface area contributed by atoms with Gasteiger partial charge in [0.05, 0.1) is 17.5 Å². The summed E-state index contributed by atoms with van der Waals surface area (Å²) in [6.07, 6.45) is 1.51. The van der Waals surface area contributed by atoms with Crippen molar-refractivity contribution >= 4 is 44.7 Å². The maximum absolute atomic E-state index is 14.8. The largest absolute Gasteiger partial charge is 0.326 e. The Balaban J connectivity index is 1.45. The van der Waals surface area contributed by atoms with Crippen LogP contribution in [0.5, 0.6) is 0 Å². The van der Waals surface area contributed by atoms with Crippen molar-refractivity contribution in [1.82, 2.24) is 9.55 Å². The molecule has 5 rings (SSSR count). The molecule has 2 heterocycles. The van der Waals surface area contributed by atoms with E-state index in [4.69, 9.17) is 11.6 Å². The lowest BCUT2D eigenvalue weighted by Crippen LogP contribution is -2.12. The Labute approximate surface area is 203 Å². The predicted molar refractivity (Wildman–Crippen MR) is 134 cm³/mol. The molecule has 0 saturated carbocycles. The van der Waals surface area contributed by atoms with Gasteiger partial charge in [0.1, 0.15) is 10.5 Å². The molecule has 1 N–H and O–H groups in total. The summed E-state index contributed by atoms with van der Waals surface area (Å²) in [5.41, 5.74) is 2.53. The molecule has 1 amide bonds. The fraction of sp³-hybridized carbons (Fsp3) is 0.0385. The average molecular weight is 490 g/mol. The van der Waals surface area contributed by atoms with Crippen molar-refractivity contribution < 1.29 is 9.18 Å².